The molecule has 3 nitrogen and oxygen atoms in total. The van der Waals surface area contributed by atoms with Crippen molar-refractivity contribution in [3.05, 3.63) is 29.8 Å². The van der Waals surface area contributed by atoms with Gasteiger partial charge in [0.15, 0.2) is 0 Å². The fourth-order valence-electron chi connectivity index (χ4n) is 1.30. The number of rotatable bonds is 4. The van der Waals surface area contributed by atoms with Crippen molar-refractivity contribution < 1.29 is 22.7 Å². The minimum absolute atomic E-state index is 0.225. The summed E-state index contributed by atoms with van der Waals surface area (Å²) in [7, 11) is 1.47. The number of carbonyl (C=O) groups is 1. The second kappa shape index (κ2) is 5.67. The molecule has 1 aromatic rings. The SMILES string of the molecule is COCc1ccccc1NC(=O)CC(F)(F)F. The van der Waals surface area contributed by atoms with Crippen LogP contribution in [0.2, 0.25) is 0 Å². The number of hydrogen-bond donors (Lipinski definition) is 1. The van der Waals surface area contributed by atoms with Crippen LogP contribution in [-0.2, 0) is 16.1 Å². The fourth-order valence-corrected chi connectivity index (χ4v) is 1.30. The van der Waals surface area contributed by atoms with Crippen LogP contribution in [0.15, 0.2) is 24.3 Å². The lowest BCUT2D eigenvalue weighted by Gasteiger charge is -2.11. The molecule has 0 aliphatic heterocycles. The number of nitrogens with one attached hydrogen (secondary N) is 1. The van der Waals surface area contributed by atoms with E-state index >= 15 is 0 Å². The van der Waals surface area contributed by atoms with E-state index in [2.05, 4.69) is 5.32 Å². The van der Waals surface area contributed by atoms with Crippen molar-refractivity contribution in [1.29, 1.82) is 0 Å². The Morgan fingerprint density at radius 1 is 1.35 bits per heavy atom. The van der Waals surface area contributed by atoms with Crippen LogP contribution in [0.1, 0.15) is 12.0 Å². The first-order valence-electron chi connectivity index (χ1n) is 4.86. The minimum atomic E-state index is -4.50. The standard InChI is InChI=1S/C11H12F3NO2/c1-17-7-8-4-2-3-5-9(8)15-10(16)6-11(12,13)14/h2-5H,6-7H2,1H3,(H,15,16). The van der Waals surface area contributed by atoms with Crippen LogP contribution in [0.25, 0.3) is 0 Å². The molecular weight excluding hydrogens is 235 g/mol. The van der Waals surface area contributed by atoms with E-state index < -0.39 is 18.5 Å². The van der Waals surface area contributed by atoms with Gasteiger partial charge in [-0.05, 0) is 6.07 Å². The van der Waals surface area contributed by atoms with Gasteiger partial charge < -0.3 is 10.1 Å². The number of methoxy groups -OCH3 is 1. The van der Waals surface area contributed by atoms with Gasteiger partial charge in [0.1, 0.15) is 6.42 Å². The first kappa shape index (κ1) is 13.5. The maximum absolute atomic E-state index is 12.0. The predicted octanol–water partition coefficient (Wildman–Crippen LogP) is 2.72. The molecule has 0 aliphatic carbocycles. The third-order valence-corrected chi connectivity index (χ3v) is 1.95. The van der Waals surface area contributed by atoms with E-state index in [1.54, 1.807) is 18.2 Å². The lowest BCUT2D eigenvalue weighted by atomic mass is 10.2. The normalized spacial score (nSPS) is 11.3. The maximum Gasteiger partial charge on any atom is 0.397 e. The average Bonchev–Trinajstić information content (AvgIpc) is 2.18. The van der Waals surface area contributed by atoms with Gasteiger partial charge in [-0.1, -0.05) is 18.2 Å². The van der Waals surface area contributed by atoms with Gasteiger partial charge in [0.05, 0.1) is 6.61 Å². The summed E-state index contributed by atoms with van der Waals surface area (Å²) in [6.45, 7) is 0.225. The lowest BCUT2D eigenvalue weighted by Crippen LogP contribution is -2.21. The quantitative estimate of drug-likeness (QED) is 0.888. The molecule has 17 heavy (non-hydrogen) atoms. The highest BCUT2D eigenvalue weighted by atomic mass is 19.4. The van der Waals surface area contributed by atoms with E-state index in [0.29, 0.717) is 11.3 Å². The minimum Gasteiger partial charge on any atom is -0.380 e. The molecule has 1 N–H and O–H groups in total. The Morgan fingerprint density at radius 2 is 2.00 bits per heavy atom. The average molecular weight is 247 g/mol. The molecule has 0 radical (unpaired) electrons. The second-order valence-corrected chi connectivity index (χ2v) is 3.43. The summed E-state index contributed by atoms with van der Waals surface area (Å²) < 4.78 is 40.8. The molecule has 1 rings (SSSR count). The summed E-state index contributed by atoms with van der Waals surface area (Å²) >= 11 is 0. The number of anilines is 1. The number of halogens is 3. The third-order valence-electron chi connectivity index (χ3n) is 1.95. The van der Waals surface area contributed by atoms with Crippen LogP contribution in [0, 0.1) is 0 Å². The third kappa shape index (κ3) is 4.86. The first-order chi connectivity index (χ1) is 7.92. The van der Waals surface area contributed by atoms with E-state index in [9.17, 15) is 18.0 Å². The number of carbonyl (C=O) groups excluding carboxylic acids is 1. The van der Waals surface area contributed by atoms with Crippen LogP contribution in [0.5, 0.6) is 0 Å². The molecule has 0 heterocycles. The van der Waals surface area contributed by atoms with Gasteiger partial charge in [-0.2, -0.15) is 13.2 Å². The number of hydrogen-bond acceptors (Lipinski definition) is 2. The van der Waals surface area contributed by atoms with Crippen LogP contribution >= 0.6 is 0 Å². The Hall–Kier alpha value is -1.56. The molecule has 0 saturated heterocycles. The summed E-state index contributed by atoms with van der Waals surface area (Å²) in [6.07, 6.45) is -5.99. The monoisotopic (exact) mass is 247 g/mol. The molecule has 1 amide bonds. The highest BCUT2D eigenvalue weighted by Gasteiger charge is 2.31. The van der Waals surface area contributed by atoms with Gasteiger partial charge in [-0.15, -0.1) is 0 Å². The molecular formula is C11H12F3NO2. The zero-order valence-electron chi connectivity index (χ0n) is 9.17. The van der Waals surface area contributed by atoms with E-state index in [1.165, 1.54) is 13.2 Å². The molecule has 0 fully saturated rings. The Morgan fingerprint density at radius 3 is 2.59 bits per heavy atom. The molecule has 1 aromatic carbocycles. The van der Waals surface area contributed by atoms with E-state index in [1.807, 2.05) is 0 Å². The van der Waals surface area contributed by atoms with Crippen molar-refractivity contribution in [2.24, 2.45) is 0 Å². The van der Waals surface area contributed by atoms with Crippen molar-refractivity contribution in [3.8, 4) is 0 Å². The molecule has 0 saturated carbocycles. The Kier molecular flexibility index (Phi) is 4.51. The fraction of sp³-hybridized carbons (Fsp3) is 0.364. The molecule has 0 aliphatic rings. The number of benzene rings is 1. The van der Waals surface area contributed by atoms with Crippen molar-refractivity contribution in [2.75, 3.05) is 12.4 Å². The van der Waals surface area contributed by atoms with Crippen molar-refractivity contribution >= 4 is 11.6 Å². The van der Waals surface area contributed by atoms with Gasteiger partial charge in [0.25, 0.3) is 0 Å². The zero-order valence-corrected chi connectivity index (χ0v) is 9.17. The highest BCUT2D eigenvalue weighted by molar-refractivity contribution is 5.91. The van der Waals surface area contributed by atoms with Crippen LogP contribution in [0.4, 0.5) is 18.9 Å². The largest absolute Gasteiger partial charge is 0.397 e. The number of alkyl halides is 3. The number of amides is 1. The van der Waals surface area contributed by atoms with Crippen LogP contribution in [-0.4, -0.2) is 19.2 Å². The highest BCUT2D eigenvalue weighted by Crippen LogP contribution is 2.21. The maximum atomic E-state index is 12.0. The Balaban J connectivity index is 2.71. The first-order valence-corrected chi connectivity index (χ1v) is 4.86. The molecule has 0 atom stereocenters. The summed E-state index contributed by atoms with van der Waals surface area (Å²) in [4.78, 5) is 11.1. The van der Waals surface area contributed by atoms with Gasteiger partial charge in [-0.25, -0.2) is 0 Å². The number of para-hydroxylation sites is 1. The second-order valence-electron chi connectivity index (χ2n) is 3.43. The molecule has 0 aromatic heterocycles. The molecule has 0 bridgehead atoms. The van der Waals surface area contributed by atoms with E-state index in [0.717, 1.165) is 0 Å². The Bertz CT molecular complexity index is 391. The molecule has 0 spiro atoms. The van der Waals surface area contributed by atoms with Crippen LogP contribution < -0.4 is 5.32 Å². The Labute approximate surface area is 96.6 Å². The molecule has 0 unspecified atom stereocenters. The van der Waals surface area contributed by atoms with Crippen LogP contribution in [0.3, 0.4) is 0 Å². The smallest absolute Gasteiger partial charge is 0.380 e. The summed E-state index contributed by atoms with van der Waals surface area (Å²) in [6, 6.07) is 6.55. The molecule has 94 valence electrons. The van der Waals surface area contributed by atoms with Gasteiger partial charge in [0, 0.05) is 18.4 Å². The van der Waals surface area contributed by atoms with Gasteiger partial charge in [-0.3, -0.25) is 4.79 Å². The topological polar surface area (TPSA) is 38.3 Å². The lowest BCUT2D eigenvalue weighted by molar-refractivity contribution is -0.150. The van der Waals surface area contributed by atoms with E-state index in [4.69, 9.17) is 4.74 Å². The molecule has 6 heteroatoms. The van der Waals surface area contributed by atoms with Gasteiger partial charge >= 0.3 is 6.18 Å². The van der Waals surface area contributed by atoms with Crippen molar-refractivity contribution in [1.82, 2.24) is 0 Å². The predicted molar refractivity (Wildman–Crippen MR) is 56.5 cm³/mol. The van der Waals surface area contributed by atoms with Crippen molar-refractivity contribution in [2.45, 2.75) is 19.2 Å². The number of ether oxygens (including phenoxy) is 1. The van der Waals surface area contributed by atoms with Crippen molar-refractivity contribution in [3.63, 3.8) is 0 Å². The van der Waals surface area contributed by atoms with Gasteiger partial charge in [0.2, 0.25) is 5.91 Å². The summed E-state index contributed by atoms with van der Waals surface area (Å²) in [5, 5.41) is 2.21. The zero-order chi connectivity index (χ0) is 12.9. The van der Waals surface area contributed by atoms with E-state index in [-0.39, 0.29) is 6.61 Å². The summed E-state index contributed by atoms with van der Waals surface area (Å²) in [5.74, 6) is -1.08. The summed E-state index contributed by atoms with van der Waals surface area (Å²) in [5.41, 5.74) is 0.967.